The average Bonchev–Trinajstić information content (AvgIpc) is 2.66. The molecule has 0 radical (unpaired) electrons. The highest BCUT2D eigenvalue weighted by Crippen LogP contribution is 2.24. The second kappa shape index (κ2) is 5.32. The van der Waals surface area contributed by atoms with Gasteiger partial charge in [-0.25, -0.2) is 0 Å². The lowest BCUT2D eigenvalue weighted by atomic mass is 10.1. The van der Waals surface area contributed by atoms with Crippen molar-refractivity contribution in [2.75, 3.05) is 6.54 Å². The molecule has 0 unspecified atom stereocenters. The van der Waals surface area contributed by atoms with Crippen LogP contribution in [-0.2, 0) is 6.42 Å². The third-order valence-corrected chi connectivity index (χ3v) is 3.52. The summed E-state index contributed by atoms with van der Waals surface area (Å²) in [6.45, 7) is 3.49. The van der Waals surface area contributed by atoms with E-state index < -0.39 is 0 Å². The number of hydrogen-bond acceptors (Lipinski definition) is 1. The van der Waals surface area contributed by atoms with Crippen molar-refractivity contribution in [1.82, 2.24) is 5.32 Å². The van der Waals surface area contributed by atoms with Gasteiger partial charge < -0.3 is 5.32 Å². The van der Waals surface area contributed by atoms with Crippen LogP contribution in [0.15, 0.2) is 30.3 Å². The van der Waals surface area contributed by atoms with Crippen LogP contribution in [-0.4, -0.2) is 12.6 Å². The Labute approximate surface area is 92.9 Å². The summed E-state index contributed by atoms with van der Waals surface area (Å²) in [6, 6.07) is 11.5. The van der Waals surface area contributed by atoms with Crippen molar-refractivity contribution >= 4 is 0 Å². The van der Waals surface area contributed by atoms with Crippen LogP contribution in [0.5, 0.6) is 0 Å². The summed E-state index contributed by atoms with van der Waals surface area (Å²) in [4.78, 5) is 0. The minimum atomic E-state index is 0.772. The molecule has 1 N–H and O–H groups in total. The fourth-order valence-corrected chi connectivity index (χ4v) is 2.50. The Hall–Kier alpha value is -0.820. The first-order valence-electron chi connectivity index (χ1n) is 6.13. The topological polar surface area (TPSA) is 12.0 Å². The molecule has 1 saturated carbocycles. The molecule has 82 valence electrons. The Bertz CT molecular complexity index is 281. The third kappa shape index (κ3) is 3.07. The monoisotopic (exact) mass is 203 g/mol. The van der Waals surface area contributed by atoms with Crippen LogP contribution < -0.4 is 5.32 Å². The maximum atomic E-state index is 3.68. The van der Waals surface area contributed by atoms with Crippen molar-refractivity contribution in [2.45, 2.75) is 38.6 Å². The molecule has 1 aromatic carbocycles. The lowest BCUT2D eigenvalue weighted by molar-refractivity contribution is 0.430. The average molecular weight is 203 g/mol. The fraction of sp³-hybridized carbons (Fsp3) is 0.571. The molecule has 0 heterocycles. The van der Waals surface area contributed by atoms with E-state index in [1.807, 2.05) is 0 Å². The summed E-state index contributed by atoms with van der Waals surface area (Å²) in [5.41, 5.74) is 1.44. The maximum Gasteiger partial charge on any atom is 0.00928 e. The van der Waals surface area contributed by atoms with Gasteiger partial charge in [0.15, 0.2) is 0 Å². The molecule has 0 saturated heterocycles. The second-order valence-electron chi connectivity index (χ2n) is 4.70. The summed E-state index contributed by atoms with van der Waals surface area (Å²) < 4.78 is 0. The van der Waals surface area contributed by atoms with Gasteiger partial charge in [0.1, 0.15) is 0 Å². The number of rotatable bonds is 4. The van der Waals surface area contributed by atoms with Gasteiger partial charge in [-0.2, -0.15) is 0 Å². The molecule has 2 atom stereocenters. The Kier molecular flexibility index (Phi) is 3.79. The quantitative estimate of drug-likeness (QED) is 0.793. The van der Waals surface area contributed by atoms with E-state index in [-0.39, 0.29) is 0 Å². The Morgan fingerprint density at radius 1 is 1.20 bits per heavy atom. The zero-order valence-electron chi connectivity index (χ0n) is 9.58. The van der Waals surface area contributed by atoms with Gasteiger partial charge in [0.2, 0.25) is 0 Å². The molecule has 1 heteroatoms. The molecule has 1 fully saturated rings. The normalized spacial score (nSPS) is 25.7. The minimum Gasteiger partial charge on any atom is -0.313 e. The van der Waals surface area contributed by atoms with Gasteiger partial charge in [-0.3, -0.25) is 0 Å². The lowest BCUT2D eigenvalue weighted by Crippen LogP contribution is -2.32. The smallest absolute Gasteiger partial charge is 0.00928 e. The van der Waals surface area contributed by atoms with Crippen LogP contribution in [0.1, 0.15) is 31.7 Å². The van der Waals surface area contributed by atoms with E-state index in [1.165, 1.54) is 24.8 Å². The minimum absolute atomic E-state index is 0.772. The van der Waals surface area contributed by atoms with E-state index in [2.05, 4.69) is 42.6 Å². The van der Waals surface area contributed by atoms with Crippen molar-refractivity contribution in [3.05, 3.63) is 35.9 Å². The zero-order chi connectivity index (χ0) is 10.5. The lowest BCUT2D eigenvalue weighted by Gasteiger charge is -2.17. The molecule has 1 nitrogen and oxygen atoms in total. The highest BCUT2D eigenvalue weighted by atomic mass is 14.9. The Balaban J connectivity index is 1.71. The molecule has 1 aliphatic rings. The second-order valence-corrected chi connectivity index (χ2v) is 4.70. The summed E-state index contributed by atoms with van der Waals surface area (Å²) in [6.07, 6.45) is 5.34. The van der Waals surface area contributed by atoms with Crippen molar-refractivity contribution in [2.24, 2.45) is 5.92 Å². The van der Waals surface area contributed by atoms with Crippen LogP contribution in [0.25, 0.3) is 0 Å². The van der Waals surface area contributed by atoms with E-state index in [1.54, 1.807) is 0 Å². The van der Waals surface area contributed by atoms with Crippen molar-refractivity contribution < 1.29 is 0 Å². The number of benzene rings is 1. The molecule has 0 aliphatic heterocycles. The molecular weight excluding hydrogens is 182 g/mol. The molecule has 15 heavy (non-hydrogen) atoms. The highest BCUT2D eigenvalue weighted by molar-refractivity contribution is 5.14. The highest BCUT2D eigenvalue weighted by Gasteiger charge is 2.21. The first kappa shape index (κ1) is 10.7. The van der Waals surface area contributed by atoms with Gasteiger partial charge in [-0.05, 0) is 37.3 Å². The van der Waals surface area contributed by atoms with Gasteiger partial charge in [-0.1, -0.05) is 43.7 Å². The van der Waals surface area contributed by atoms with Gasteiger partial charge >= 0.3 is 0 Å². The molecule has 0 aromatic heterocycles. The van der Waals surface area contributed by atoms with Crippen LogP contribution in [0, 0.1) is 5.92 Å². The first-order chi connectivity index (χ1) is 7.36. The predicted molar refractivity (Wildman–Crippen MR) is 65.0 cm³/mol. The van der Waals surface area contributed by atoms with Crippen molar-refractivity contribution in [3.63, 3.8) is 0 Å². The molecular formula is C14H21N. The van der Waals surface area contributed by atoms with Gasteiger partial charge in [0.25, 0.3) is 0 Å². The molecule has 0 spiro atoms. The van der Waals surface area contributed by atoms with Gasteiger partial charge in [-0.15, -0.1) is 0 Å². The van der Waals surface area contributed by atoms with E-state index in [4.69, 9.17) is 0 Å². The van der Waals surface area contributed by atoms with Crippen molar-refractivity contribution in [3.8, 4) is 0 Å². The molecule has 2 rings (SSSR count). The number of hydrogen-bond donors (Lipinski definition) is 1. The standard InChI is InChI=1S/C14H21N/c1-12-6-5-9-14(12)15-11-10-13-7-3-2-4-8-13/h2-4,7-8,12,14-15H,5-6,9-11H2,1H3/t12-,14+/m1/s1. The maximum absolute atomic E-state index is 3.68. The summed E-state index contributed by atoms with van der Waals surface area (Å²) in [5, 5.41) is 3.68. The Morgan fingerprint density at radius 2 is 2.00 bits per heavy atom. The summed E-state index contributed by atoms with van der Waals surface area (Å²) in [5.74, 6) is 0.876. The third-order valence-electron chi connectivity index (χ3n) is 3.52. The van der Waals surface area contributed by atoms with E-state index in [0.29, 0.717) is 0 Å². The Morgan fingerprint density at radius 3 is 2.67 bits per heavy atom. The summed E-state index contributed by atoms with van der Waals surface area (Å²) >= 11 is 0. The predicted octanol–water partition coefficient (Wildman–Crippen LogP) is 3.01. The molecule has 1 aromatic rings. The largest absolute Gasteiger partial charge is 0.313 e. The molecule has 0 bridgehead atoms. The summed E-state index contributed by atoms with van der Waals surface area (Å²) in [7, 11) is 0. The zero-order valence-corrected chi connectivity index (χ0v) is 9.58. The van der Waals surface area contributed by atoms with E-state index in [0.717, 1.165) is 24.9 Å². The molecule has 0 amide bonds. The van der Waals surface area contributed by atoms with E-state index in [9.17, 15) is 0 Å². The molecule has 1 aliphatic carbocycles. The van der Waals surface area contributed by atoms with Crippen LogP contribution >= 0.6 is 0 Å². The van der Waals surface area contributed by atoms with Gasteiger partial charge in [0, 0.05) is 6.04 Å². The van der Waals surface area contributed by atoms with E-state index >= 15 is 0 Å². The van der Waals surface area contributed by atoms with Crippen LogP contribution in [0.3, 0.4) is 0 Å². The first-order valence-corrected chi connectivity index (χ1v) is 6.13. The SMILES string of the molecule is C[C@@H]1CCC[C@@H]1NCCc1ccccc1. The van der Waals surface area contributed by atoms with Crippen molar-refractivity contribution in [1.29, 1.82) is 0 Å². The van der Waals surface area contributed by atoms with Crippen LogP contribution in [0.4, 0.5) is 0 Å². The number of nitrogens with one attached hydrogen (secondary N) is 1. The van der Waals surface area contributed by atoms with Gasteiger partial charge in [0.05, 0.1) is 0 Å². The fourth-order valence-electron chi connectivity index (χ4n) is 2.50. The van der Waals surface area contributed by atoms with Crippen LogP contribution in [0.2, 0.25) is 0 Å².